The van der Waals surface area contributed by atoms with Crippen LogP contribution in [0, 0.1) is 0 Å². The molecule has 0 saturated heterocycles. The molecule has 0 fully saturated rings. The second kappa shape index (κ2) is 16.3. The summed E-state index contributed by atoms with van der Waals surface area (Å²) in [6.45, 7) is 0. The Balaban J connectivity index is 1.16. The Morgan fingerprint density at radius 1 is 0.540 bits per heavy atom. The molecular formula is C40H40N2O6S2. The van der Waals surface area contributed by atoms with E-state index in [0.29, 0.717) is 0 Å². The van der Waals surface area contributed by atoms with Gasteiger partial charge in [0, 0.05) is 33.4 Å². The van der Waals surface area contributed by atoms with Crippen LogP contribution in [-0.4, -0.2) is 62.4 Å². The molecule has 0 aliphatic rings. The predicted octanol–water partition coefficient (Wildman–Crippen LogP) is 8.70. The molecule has 2 heterocycles. The summed E-state index contributed by atoms with van der Waals surface area (Å²) in [6, 6.07) is 35.8. The molecule has 0 bridgehead atoms. The van der Waals surface area contributed by atoms with Crippen molar-refractivity contribution in [1.82, 2.24) is 9.80 Å². The van der Waals surface area contributed by atoms with Crippen LogP contribution < -0.4 is 9.47 Å². The lowest BCUT2D eigenvalue weighted by Crippen LogP contribution is -2.41. The Morgan fingerprint density at radius 3 is 1.32 bits per heavy atom. The SMILES string of the molecule is CN(C)C(C[C@H](Oc1cccc2ccccc12)c1cccs1)OC(=O)C(=O)OC(C[C@H](Oc1cccc2ccccc12)c1cccs1)N(C)C. The van der Waals surface area contributed by atoms with E-state index in [1.54, 1.807) is 60.7 Å². The maximum Gasteiger partial charge on any atom is 0.419 e. The monoisotopic (exact) mass is 708 g/mol. The van der Waals surface area contributed by atoms with Gasteiger partial charge in [-0.25, -0.2) is 9.59 Å². The number of fused-ring (bicyclic) bond motifs is 2. The molecule has 6 aromatic rings. The zero-order valence-corrected chi connectivity index (χ0v) is 30.1. The average molecular weight is 709 g/mol. The number of hydrogen-bond donors (Lipinski definition) is 0. The maximum atomic E-state index is 13.4. The van der Waals surface area contributed by atoms with Crippen molar-refractivity contribution in [2.24, 2.45) is 0 Å². The number of carbonyl (C=O) groups excluding carboxylic acids is 2. The van der Waals surface area contributed by atoms with Gasteiger partial charge in [-0.3, -0.25) is 9.80 Å². The van der Waals surface area contributed by atoms with Gasteiger partial charge in [0.1, 0.15) is 23.7 Å². The highest BCUT2D eigenvalue weighted by molar-refractivity contribution is 7.10. The first-order valence-electron chi connectivity index (χ1n) is 16.4. The van der Waals surface area contributed by atoms with E-state index in [-0.39, 0.29) is 12.8 Å². The number of nitrogens with zero attached hydrogens (tertiary/aromatic N) is 2. The van der Waals surface area contributed by atoms with E-state index in [1.165, 1.54) is 0 Å². The summed E-state index contributed by atoms with van der Waals surface area (Å²) in [5, 5.41) is 8.06. The van der Waals surface area contributed by atoms with Crippen LogP contribution in [0.2, 0.25) is 0 Å². The summed E-state index contributed by atoms with van der Waals surface area (Å²) in [7, 11) is 7.19. The van der Waals surface area contributed by atoms with Gasteiger partial charge in [0.25, 0.3) is 0 Å². The highest BCUT2D eigenvalue weighted by Gasteiger charge is 2.32. The van der Waals surface area contributed by atoms with Crippen LogP contribution >= 0.6 is 22.7 Å². The molecule has 2 unspecified atom stereocenters. The zero-order valence-electron chi connectivity index (χ0n) is 28.4. The lowest BCUT2D eigenvalue weighted by Gasteiger charge is -2.30. The van der Waals surface area contributed by atoms with Gasteiger partial charge in [0.05, 0.1) is 0 Å². The zero-order chi connectivity index (χ0) is 35.0. The van der Waals surface area contributed by atoms with Crippen LogP contribution in [0.4, 0.5) is 0 Å². The average Bonchev–Trinajstić information content (AvgIpc) is 3.86. The molecule has 0 amide bonds. The minimum Gasteiger partial charge on any atom is -0.484 e. The molecule has 0 aliphatic heterocycles. The summed E-state index contributed by atoms with van der Waals surface area (Å²) in [5.41, 5.74) is 0. The molecular weight excluding hydrogens is 669 g/mol. The standard InChI is InChI=1S/C40H40N2O6S2/c1-41(2)37(25-33(35-21-11-23-49-35)45-31-19-9-15-27-13-5-7-17-29(27)31)47-39(43)40(44)48-38(42(3)4)26-34(36-22-12-24-50-36)46-32-20-10-16-28-14-6-8-18-30(28)32/h5-24,33-34,37-38H,25-26H2,1-4H3/t33-,34-,37?,38?/m0/s1. The molecule has 0 radical (unpaired) electrons. The topological polar surface area (TPSA) is 77.5 Å². The van der Waals surface area contributed by atoms with Crippen molar-refractivity contribution >= 4 is 56.2 Å². The molecule has 0 aliphatic carbocycles. The number of carbonyl (C=O) groups is 2. The van der Waals surface area contributed by atoms with E-state index >= 15 is 0 Å². The second-order valence-electron chi connectivity index (χ2n) is 12.3. The predicted molar refractivity (Wildman–Crippen MR) is 200 cm³/mol. The summed E-state index contributed by atoms with van der Waals surface area (Å²) in [6.07, 6.45) is -1.86. The molecule has 8 nitrogen and oxygen atoms in total. The van der Waals surface area contributed by atoms with Crippen LogP contribution in [0.15, 0.2) is 120 Å². The molecule has 258 valence electrons. The highest BCUT2D eigenvalue weighted by atomic mass is 32.1. The van der Waals surface area contributed by atoms with Gasteiger partial charge >= 0.3 is 11.9 Å². The second-order valence-corrected chi connectivity index (χ2v) is 14.3. The first-order chi connectivity index (χ1) is 24.3. The van der Waals surface area contributed by atoms with Crippen molar-refractivity contribution in [3.8, 4) is 11.5 Å². The third kappa shape index (κ3) is 8.51. The summed E-state index contributed by atoms with van der Waals surface area (Å²) >= 11 is 3.12. The first-order valence-corrected chi connectivity index (χ1v) is 18.1. The smallest absolute Gasteiger partial charge is 0.419 e. The number of esters is 2. The quantitative estimate of drug-likeness (QED) is 0.0632. The minimum atomic E-state index is -1.08. The van der Waals surface area contributed by atoms with Crippen LogP contribution in [0.1, 0.15) is 34.8 Å². The Bertz CT molecular complexity index is 1860. The highest BCUT2D eigenvalue weighted by Crippen LogP contribution is 2.36. The Labute approximate surface area is 300 Å². The third-order valence-corrected chi connectivity index (χ3v) is 10.3. The lowest BCUT2D eigenvalue weighted by molar-refractivity contribution is -0.185. The van der Waals surface area contributed by atoms with Gasteiger partial charge in [0.2, 0.25) is 0 Å². The van der Waals surface area contributed by atoms with Crippen molar-refractivity contribution in [1.29, 1.82) is 0 Å². The van der Waals surface area contributed by atoms with Crippen LogP contribution in [0.3, 0.4) is 0 Å². The van der Waals surface area contributed by atoms with Crippen molar-refractivity contribution in [2.75, 3.05) is 28.2 Å². The maximum absolute atomic E-state index is 13.4. The van der Waals surface area contributed by atoms with Crippen molar-refractivity contribution in [2.45, 2.75) is 37.5 Å². The molecule has 0 spiro atoms. The molecule has 6 rings (SSSR count). The fraction of sp³-hybridized carbons (Fsp3) is 0.250. The first kappa shape index (κ1) is 35.1. The van der Waals surface area contributed by atoms with Gasteiger partial charge in [-0.05, 0) is 74.0 Å². The van der Waals surface area contributed by atoms with E-state index in [9.17, 15) is 9.59 Å². The van der Waals surface area contributed by atoms with E-state index in [2.05, 4.69) is 0 Å². The van der Waals surface area contributed by atoms with Crippen molar-refractivity contribution in [3.63, 3.8) is 0 Å². The molecule has 50 heavy (non-hydrogen) atoms. The van der Waals surface area contributed by atoms with E-state index in [0.717, 1.165) is 42.8 Å². The van der Waals surface area contributed by atoms with Gasteiger partial charge in [-0.2, -0.15) is 0 Å². The van der Waals surface area contributed by atoms with E-state index < -0.39 is 36.6 Å². The third-order valence-electron chi connectivity index (χ3n) is 8.39. The molecule has 4 aromatic carbocycles. The molecule has 0 N–H and O–H groups in total. The number of ether oxygens (including phenoxy) is 4. The van der Waals surface area contributed by atoms with Gasteiger partial charge in [-0.1, -0.05) is 84.9 Å². The van der Waals surface area contributed by atoms with E-state index in [4.69, 9.17) is 18.9 Å². The van der Waals surface area contributed by atoms with E-state index in [1.807, 2.05) is 120 Å². The van der Waals surface area contributed by atoms with Crippen LogP contribution in [0.25, 0.3) is 21.5 Å². The van der Waals surface area contributed by atoms with Crippen LogP contribution in [-0.2, 0) is 19.1 Å². The summed E-state index contributed by atoms with van der Waals surface area (Å²) in [5.74, 6) is -0.698. The van der Waals surface area contributed by atoms with Crippen LogP contribution in [0.5, 0.6) is 11.5 Å². The Morgan fingerprint density at radius 2 is 0.940 bits per heavy atom. The fourth-order valence-electron chi connectivity index (χ4n) is 5.74. The number of benzene rings is 4. The molecule has 10 heteroatoms. The molecule has 0 saturated carbocycles. The number of rotatable bonds is 14. The largest absolute Gasteiger partial charge is 0.484 e. The fourth-order valence-corrected chi connectivity index (χ4v) is 7.27. The number of thiophene rings is 2. The molecule has 2 aromatic heterocycles. The normalized spacial score (nSPS) is 14.0. The Hall–Kier alpha value is -4.74. The molecule has 4 atom stereocenters. The van der Waals surface area contributed by atoms with Gasteiger partial charge in [-0.15, -0.1) is 22.7 Å². The van der Waals surface area contributed by atoms with Crippen molar-refractivity contribution in [3.05, 3.63) is 130 Å². The van der Waals surface area contributed by atoms with Crippen molar-refractivity contribution < 1.29 is 28.5 Å². The Kier molecular flexibility index (Phi) is 11.5. The number of hydrogen-bond acceptors (Lipinski definition) is 10. The summed E-state index contributed by atoms with van der Waals surface area (Å²) < 4.78 is 24.8. The lowest BCUT2D eigenvalue weighted by atomic mass is 10.1. The van der Waals surface area contributed by atoms with Gasteiger partial charge < -0.3 is 18.9 Å². The minimum absolute atomic E-state index is 0.284. The van der Waals surface area contributed by atoms with Gasteiger partial charge in [0.15, 0.2) is 12.5 Å². The summed E-state index contributed by atoms with van der Waals surface area (Å²) in [4.78, 5) is 32.2.